The van der Waals surface area contributed by atoms with Gasteiger partial charge in [0.05, 0.1) is 0 Å². The summed E-state index contributed by atoms with van der Waals surface area (Å²) in [5.74, 6) is 2.40. The highest BCUT2D eigenvalue weighted by Crippen LogP contribution is 2.63. The predicted molar refractivity (Wildman–Crippen MR) is 64.9 cm³/mol. The van der Waals surface area contributed by atoms with E-state index < -0.39 is 0 Å². The van der Waals surface area contributed by atoms with Crippen molar-refractivity contribution < 1.29 is 0 Å². The van der Waals surface area contributed by atoms with E-state index in [2.05, 4.69) is 30.9 Å². The van der Waals surface area contributed by atoms with Gasteiger partial charge >= 0.3 is 0 Å². The first-order chi connectivity index (χ1) is 6.79. The molecule has 2 aliphatic rings. The highest BCUT2D eigenvalue weighted by Gasteiger charge is 2.57. The van der Waals surface area contributed by atoms with Crippen molar-refractivity contribution in [3.63, 3.8) is 0 Å². The van der Waals surface area contributed by atoms with Crippen LogP contribution >= 0.6 is 11.8 Å². The molecule has 1 heterocycles. The normalized spacial score (nSPS) is 41.6. The van der Waals surface area contributed by atoms with E-state index >= 15 is 0 Å². The average Bonchev–Trinajstić information content (AvgIpc) is 2.87. The maximum atomic E-state index is 3.58. The van der Waals surface area contributed by atoms with Crippen LogP contribution in [0, 0.1) is 11.3 Å². The number of hydrogen-bond donors (Lipinski definition) is 1. The summed E-state index contributed by atoms with van der Waals surface area (Å²) in [7, 11) is 0. The summed E-state index contributed by atoms with van der Waals surface area (Å²) in [6.45, 7) is 7.17. The zero-order chi connectivity index (χ0) is 10.0. The summed E-state index contributed by atoms with van der Waals surface area (Å²) < 4.78 is 0. The number of thioether (sulfide) groups is 1. The maximum absolute atomic E-state index is 3.58. The van der Waals surface area contributed by atoms with Crippen LogP contribution in [0.5, 0.6) is 0 Å². The van der Waals surface area contributed by atoms with Gasteiger partial charge in [0.1, 0.15) is 0 Å². The van der Waals surface area contributed by atoms with Crippen LogP contribution in [0.4, 0.5) is 0 Å². The Bertz CT molecular complexity index is 195. The first-order valence-electron chi connectivity index (χ1n) is 6.12. The fraction of sp³-hybridized carbons (Fsp3) is 1.00. The van der Waals surface area contributed by atoms with Crippen molar-refractivity contribution in [3.05, 3.63) is 0 Å². The number of hydrogen-bond acceptors (Lipinski definition) is 2. The van der Waals surface area contributed by atoms with Gasteiger partial charge in [-0.2, -0.15) is 11.8 Å². The van der Waals surface area contributed by atoms with Crippen LogP contribution in [0.3, 0.4) is 0 Å². The summed E-state index contributed by atoms with van der Waals surface area (Å²) in [4.78, 5) is 0. The quantitative estimate of drug-likeness (QED) is 0.721. The van der Waals surface area contributed by atoms with Crippen LogP contribution in [0.25, 0.3) is 0 Å². The SMILES string of the molecule is CCCNCC1CC12CCCSC2C. The van der Waals surface area contributed by atoms with Crippen LogP contribution in [-0.4, -0.2) is 24.1 Å². The van der Waals surface area contributed by atoms with Gasteiger partial charge in [-0.1, -0.05) is 13.8 Å². The summed E-state index contributed by atoms with van der Waals surface area (Å²) in [6.07, 6.45) is 5.72. The first kappa shape index (κ1) is 10.8. The molecule has 1 saturated carbocycles. The molecule has 0 amide bonds. The summed E-state index contributed by atoms with van der Waals surface area (Å²) in [5.41, 5.74) is 0.754. The summed E-state index contributed by atoms with van der Waals surface area (Å²) in [5, 5.41) is 4.50. The highest BCUT2D eigenvalue weighted by molar-refractivity contribution is 7.99. The molecule has 0 radical (unpaired) electrons. The van der Waals surface area contributed by atoms with Gasteiger partial charge in [-0.05, 0) is 55.9 Å². The minimum absolute atomic E-state index is 0.754. The lowest BCUT2D eigenvalue weighted by molar-refractivity contribution is 0.389. The summed E-state index contributed by atoms with van der Waals surface area (Å²) >= 11 is 2.20. The Hall–Kier alpha value is 0.310. The first-order valence-corrected chi connectivity index (χ1v) is 7.17. The Balaban J connectivity index is 1.76. The summed E-state index contributed by atoms with van der Waals surface area (Å²) in [6, 6.07) is 0. The fourth-order valence-electron chi connectivity index (χ4n) is 2.96. The molecule has 1 spiro atoms. The highest BCUT2D eigenvalue weighted by atomic mass is 32.2. The fourth-order valence-corrected chi connectivity index (χ4v) is 4.37. The topological polar surface area (TPSA) is 12.0 Å². The number of nitrogens with one attached hydrogen (secondary N) is 1. The maximum Gasteiger partial charge on any atom is 0.00784 e. The van der Waals surface area contributed by atoms with Crippen molar-refractivity contribution in [2.45, 2.75) is 44.8 Å². The van der Waals surface area contributed by atoms with Crippen LogP contribution < -0.4 is 5.32 Å². The molecule has 1 nitrogen and oxygen atoms in total. The van der Waals surface area contributed by atoms with Gasteiger partial charge in [0, 0.05) is 5.25 Å². The van der Waals surface area contributed by atoms with E-state index in [1.807, 2.05) is 0 Å². The molecule has 0 bridgehead atoms. The van der Waals surface area contributed by atoms with E-state index in [-0.39, 0.29) is 0 Å². The van der Waals surface area contributed by atoms with Crippen molar-refractivity contribution in [2.75, 3.05) is 18.8 Å². The third kappa shape index (κ3) is 1.96. The molecule has 1 saturated heterocycles. The molecule has 0 aromatic heterocycles. The van der Waals surface area contributed by atoms with E-state index in [4.69, 9.17) is 0 Å². The van der Waals surface area contributed by atoms with Crippen LogP contribution in [0.15, 0.2) is 0 Å². The molecule has 0 aromatic carbocycles. The average molecular weight is 213 g/mol. The van der Waals surface area contributed by atoms with Gasteiger partial charge in [0.15, 0.2) is 0 Å². The molecule has 2 heteroatoms. The minimum atomic E-state index is 0.754. The lowest BCUT2D eigenvalue weighted by Crippen LogP contribution is -2.27. The second-order valence-electron chi connectivity index (χ2n) is 4.95. The zero-order valence-corrected chi connectivity index (χ0v) is 10.3. The smallest absolute Gasteiger partial charge is 0.00784 e. The monoisotopic (exact) mass is 213 g/mol. The van der Waals surface area contributed by atoms with E-state index in [1.165, 1.54) is 44.5 Å². The van der Waals surface area contributed by atoms with Gasteiger partial charge in [-0.3, -0.25) is 0 Å². The molecule has 3 atom stereocenters. The molecule has 1 aliphatic heterocycles. The van der Waals surface area contributed by atoms with E-state index in [0.717, 1.165) is 16.6 Å². The third-order valence-electron chi connectivity index (χ3n) is 4.06. The Morgan fingerprint density at radius 1 is 1.50 bits per heavy atom. The Morgan fingerprint density at radius 3 is 3.07 bits per heavy atom. The van der Waals surface area contributed by atoms with Crippen molar-refractivity contribution in [1.82, 2.24) is 5.32 Å². The number of rotatable bonds is 4. The molecule has 0 aromatic rings. The zero-order valence-electron chi connectivity index (χ0n) is 9.51. The van der Waals surface area contributed by atoms with Gasteiger partial charge in [-0.15, -0.1) is 0 Å². The van der Waals surface area contributed by atoms with Crippen LogP contribution in [0.1, 0.15) is 39.5 Å². The Kier molecular flexibility index (Phi) is 3.43. The van der Waals surface area contributed by atoms with E-state index in [0.29, 0.717) is 0 Å². The van der Waals surface area contributed by atoms with Gasteiger partial charge in [0.2, 0.25) is 0 Å². The molecule has 3 unspecified atom stereocenters. The van der Waals surface area contributed by atoms with Crippen molar-refractivity contribution >= 4 is 11.8 Å². The van der Waals surface area contributed by atoms with Crippen molar-refractivity contribution in [1.29, 1.82) is 0 Å². The lowest BCUT2D eigenvalue weighted by atomic mass is 9.93. The molecule has 2 fully saturated rings. The van der Waals surface area contributed by atoms with E-state index in [9.17, 15) is 0 Å². The molecule has 82 valence electrons. The Labute approximate surface area is 92.4 Å². The molecule has 2 rings (SSSR count). The second-order valence-corrected chi connectivity index (χ2v) is 6.40. The second kappa shape index (κ2) is 4.44. The van der Waals surface area contributed by atoms with Gasteiger partial charge < -0.3 is 5.32 Å². The van der Waals surface area contributed by atoms with Gasteiger partial charge in [0.25, 0.3) is 0 Å². The molecule has 14 heavy (non-hydrogen) atoms. The molecular weight excluding hydrogens is 190 g/mol. The molecule has 1 aliphatic carbocycles. The van der Waals surface area contributed by atoms with Crippen molar-refractivity contribution in [3.8, 4) is 0 Å². The van der Waals surface area contributed by atoms with E-state index in [1.54, 1.807) is 0 Å². The molecular formula is C12H23NS. The third-order valence-corrected chi connectivity index (χ3v) is 5.55. The Morgan fingerprint density at radius 2 is 2.36 bits per heavy atom. The predicted octanol–water partition coefficient (Wildman–Crippen LogP) is 2.91. The lowest BCUT2D eigenvalue weighted by Gasteiger charge is -2.29. The van der Waals surface area contributed by atoms with Crippen molar-refractivity contribution in [2.24, 2.45) is 11.3 Å². The standard InChI is InChI=1S/C12H23NS/c1-3-6-13-9-11-8-12(11)5-4-7-14-10(12)2/h10-11,13H,3-9H2,1-2H3. The van der Waals surface area contributed by atoms with Crippen LogP contribution in [-0.2, 0) is 0 Å². The van der Waals surface area contributed by atoms with Crippen LogP contribution in [0.2, 0.25) is 0 Å². The minimum Gasteiger partial charge on any atom is -0.316 e. The van der Waals surface area contributed by atoms with Gasteiger partial charge in [-0.25, -0.2) is 0 Å². The molecule has 1 N–H and O–H groups in total. The largest absolute Gasteiger partial charge is 0.316 e.